The van der Waals surface area contributed by atoms with Crippen molar-refractivity contribution in [2.75, 3.05) is 18.7 Å². The lowest BCUT2D eigenvalue weighted by atomic mass is 9.97. The fourth-order valence-corrected chi connectivity index (χ4v) is 2.16. The first-order chi connectivity index (χ1) is 11.8. The van der Waals surface area contributed by atoms with E-state index in [0.29, 0.717) is 23.7 Å². The summed E-state index contributed by atoms with van der Waals surface area (Å²) in [5.41, 5.74) is 3.20. The molecule has 2 aromatic rings. The Labute approximate surface area is 147 Å². The largest absolute Gasteiger partial charge is 0.497 e. The maximum absolute atomic E-state index is 12.6. The normalized spacial score (nSPS) is 10.7. The molecule has 0 spiro atoms. The van der Waals surface area contributed by atoms with E-state index in [2.05, 4.69) is 15.4 Å². The summed E-state index contributed by atoms with van der Waals surface area (Å²) in [5.74, 6) is 0.814. The number of hydrogen-bond acceptors (Lipinski definition) is 6. The van der Waals surface area contributed by atoms with Crippen LogP contribution in [-0.4, -0.2) is 29.5 Å². The van der Waals surface area contributed by atoms with E-state index in [0.717, 1.165) is 0 Å². The number of nitrogens with zero attached hydrogens (tertiary/aromatic N) is 4. The van der Waals surface area contributed by atoms with Crippen molar-refractivity contribution < 1.29 is 9.53 Å². The predicted octanol–water partition coefficient (Wildman–Crippen LogP) is 2.55. The third-order valence-electron chi connectivity index (χ3n) is 3.22. The van der Waals surface area contributed by atoms with Gasteiger partial charge in [-0.1, -0.05) is 26.8 Å². The van der Waals surface area contributed by atoms with Crippen molar-refractivity contribution in [2.45, 2.75) is 20.8 Å². The standard InChI is InChI=1S/C18H21N5O2/c1-18(2,3)12-23(16-8-9-20-15(11-19)21-16)22-17(24)13-6-5-7-14(10-13)25-4/h5-10H,12H2,1-4H3,(H,22,24). The maximum atomic E-state index is 12.6. The van der Waals surface area contributed by atoms with Crippen LogP contribution in [0.3, 0.4) is 0 Å². The van der Waals surface area contributed by atoms with E-state index in [-0.39, 0.29) is 17.1 Å². The minimum atomic E-state index is -0.291. The molecular weight excluding hydrogens is 318 g/mol. The van der Waals surface area contributed by atoms with E-state index in [1.54, 1.807) is 42.5 Å². The molecule has 0 unspecified atom stereocenters. The summed E-state index contributed by atoms with van der Waals surface area (Å²) in [6.45, 7) is 6.64. The number of hydrogen-bond donors (Lipinski definition) is 1. The fraction of sp³-hybridized carbons (Fsp3) is 0.333. The van der Waals surface area contributed by atoms with Crippen molar-refractivity contribution in [3.05, 3.63) is 47.9 Å². The zero-order chi connectivity index (χ0) is 18.4. The highest BCUT2D eigenvalue weighted by atomic mass is 16.5. The molecule has 1 aromatic heterocycles. The second-order valence-corrected chi connectivity index (χ2v) is 6.67. The lowest BCUT2D eigenvalue weighted by Gasteiger charge is -2.30. The number of methoxy groups -OCH3 is 1. The number of anilines is 1. The first-order valence-electron chi connectivity index (χ1n) is 7.78. The molecule has 0 bridgehead atoms. The molecule has 0 saturated heterocycles. The second-order valence-electron chi connectivity index (χ2n) is 6.67. The summed E-state index contributed by atoms with van der Waals surface area (Å²) >= 11 is 0. The van der Waals surface area contributed by atoms with Crippen molar-refractivity contribution >= 4 is 11.7 Å². The van der Waals surface area contributed by atoms with Gasteiger partial charge in [-0.05, 0) is 23.6 Å². The van der Waals surface area contributed by atoms with Gasteiger partial charge in [0.25, 0.3) is 5.91 Å². The Morgan fingerprint density at radius 3 is 2.76 bits per heavy atom. The number of hydrazine groups is 1. The van der Waals surface area contributed by atoms with Crippen LogP contribution in [0.4, 0.5) is 5.82 Å². The smallest absolute Gasteiger partial charge is 0.269 e. The average molecular weight is 339 g/mol. The molecule has 0 aliphatic heterocycles. The van der Waals surface area contributed by atoms with Crippen molar-refractivity contribution in [2.24, 2.45) is 5.41 Å². The molecule has 0 saturated carbocycles. The Kier molecular flexibility index (Phi) is 5.55. The number of nitriles is 1. The molecule has 25 heavy (non-hydrogen) atoms. The van der Waals surface area contributed by atoms with Gasteiger partial charge in [-0.3, -0.25) is 15.2 Å². The van der Waals surface area contributed by atoms with E-state index in [4.69, 9.17) is 10.00 Å². The van der Waals surface area contributed by atoms with Crippen LogP contribution in [0.2, 0.25) is 0 Å². The topological polar surface area (TPSA) is 91.1 Å². The van der Waals surface area contributed by atoms with Crippen LogP contribution < -0.4 is 15.2 Å². The highest BCUT2D eigenvalue weighted by Gasteiger charge is 2.21. The molecule has 1 aromatic carbocycles. The molecule has 7 heteroatoms. The molecule has 1 heterocycles. The molecule has 2 rings (SSSR count). The first kappa shape index (κ1) is 18.2. The van der Waals surface area contributed by atoms with Gasteiger partial charge in [-0.25, -0.2) is 4.98 Å². The lowest BCUT2D eigenvalue weighted by Crippen LogP contribution is -2.47. The summed E-state index contributed by atoms with van der Waals surface area (Å²) in [6.07, 6.45) is 1.49. The zero-order valence-corrected chi connectivity index (χ0v) is 14.8. The number of aromatic nitrogens is 2. The first-order valence-corrected chi connectivity index (χ1v) is 7.78. The van der Waals surface area contributed by atoms with Crippen molar-refractivity contribution in [1.82, 2.24) is 15.4 Å². The van der Waals surface area contributed by atoms with E-state index >= 15 is 0 Å². The van der Waals surface area contributed by atoms with Gasteiger partial charge in [0.05, 0.1) is 7.11 Å². The van der Waals surface area contributed by atoms with Gasteiger partial charge in [0.15, 0.2) is 5.82 Å². The molecule has 7 nitrogen and oxygen atoms in total. The van der Waals surface area contributed by atoms with Crippen molar-refractivity contribution in [1.29, 1.82) is 5.26 Å². The second kappa shape index (κ2) is 7.62. The predicted molar refractivity (Wildman–Crippen MR) is 94.0 cm³/mol. The highest BCUT2D eigenvalue weighted by molar-refractivity contribution is 5.95. The van der Waals surface area contributed by atoms with Crippen LogP contribution in [0.5, 0.6) is 5.75 Å². The molecular formula is C18H21N5O2. The van der Waals surface area contributed by atoms with Gasteiger partial charge in [-0.15, -0.1) is 0 Å². The molecule has 0 radical (unpaired) electrons. The van der Waals surface area contributed by atoms with Crippen LogP contribution in [0, 0.1) is 16.7 Å². The average Bonchev–Trinajstić information content (AvgIpc) is 2.60. The Bertz CT molecular complexity index is 793. The van der Waals surface area contributed by atoms with Gasteiger partial charge in [0.2, 0.25) is 5.82 Å². The van der Waals surface area contributed by atoms with Crippen molar-refractivity contribution in [3.63, 3.8) is 0 Å². The van der Waals surface area contributed by atoms with Gasteiger partial charge in [-0.2, -0.15) is 10.2 Å². The summed E-state index contributed by atoms with van der Waals surface area (Å²) < 4.78 is 5.16. The van der Waals surface area contributed by atoms with Crippen LogP contribution >= 0.6 is 0 Å². The van der Waals surface area contributed by atoms with Crippen molar-refractivity contribution in [3.8, 4) is 11.8 Å². The Balaban J connectivity index is 2.29. The lowest BCUT2D eigenvalue weighted by molar-refractivity contribution is 0.0944. The number of amides is 1. The van der Waals surface area contributed by atoms with Gasteiger partial charge >= 0.3 is 0 Å². The molecule has 1 amide bonds. The molecule has 1 N–H and O–H groups in total. The SMILES string of the molecule is COc1cccc(C(=O)NN(CC(C)(C)C)c2ccnc(C#N)n2)c1. The molecule has 130 valence electrons. The van der Waals surface area contributed by atoms with Crippen LogP contribution in [0.1, 0.15) is 37.0 Å². The quantitative estimate of drug-likeness (QED) is 0.842. The number of rotatable bonds is 5. The summed E-state index contributed by atoms with van der Waals surface area (Å²) in [7, 11) is 1.55. The third-order valence-corrected chi connectivity index (χ3v) is 3.22. The molecule has 0 aliphatic rings. The van der Waals surface area contributed by atoms with Crippen LogP contribution in [-0.2, 0) is 0 Å². The van der Waals surface area contributed by atoms with Crippen LogP contribution in [0.25, 0.3) is 0 Å². The van der Waals surface area contributed by atoms with Gasteiger partial charge in [0.1, 0.15) is 11.8 Å². The molecule has 0 aliphatic carbocycles. The minimum absolute atomic E-state index is 0.0482. The number of benzene rings is 1. The van der Waals surface area contributed by atoms with E-state index in [1.807, 2.05) is 26.8 Å². The van der Waals surface area contributed by atoms with Gasteiger partial charge in [0, 0.05) is 24.4 Å². The third kappa shape index (κ3) is 5.18. The Hall–Kier alpha value is -3.14. The van der Waals surface area contributed by atoms with Crippen LogP contribution in [0.15, 0.2) is 36.5 Å². The molecule has 0 fully saturated rings. The summed E-state index contributed by atoms with van der Waals surface area (Å²) in [4.78, 5) is 20.7. The maximum Gasteiger partial charge on any atom is 0.269 e. The van der Waals surface area contributed by atoms with E-state index in [1.165, 1.54) is 6.20 Å². The number of ether oxygens (including phenoxy) is 1. The number of nitrogens with one attached hydrogen (secondary N) is 1. The number of carbonyl (C=O) groups excluding carboxylic acids is 1. The molecule has 0 atom stereocenters. The Morgan fingerprint density at radius 1 is 1.36 bits per heavy atom. The summed E-state index contributed by atoms with van der Waals surface area (Å²) in [5, 5.41) is 10.6. The summed E-state index contributed by atoms with van der Waals surface area (Å²) in [6, 6.07) is 10.4. The monoisotopic (exact) mass is 339 g/mol. The minimum Gasteiger partial charge on any atom is -0.497 e. The van der Waals surface area contributed by atoms with E-state index < -0.39 is 0 Å². The Morgan fingerprint density at radius 2 is 2.12 bits per heavy atom. The van der Waals surface area contributed by atoms with Gasteiger partial charge < -0.3 is 4.74 Å². The zero-order valence-electron chi connectivity index (χ0n) is 14.8. The number of carbonyl (C=O) groups is 1. The van der Waals surface area contributed by atoms with E-state index in [9.17, 15) is 4.79 Å². The fourth-order valence-electron chi connectivity index (χ4n) is 2.16. The highest BCUT2D eigenvalue weighted by Crippen LogP contribution is 2.19.